The molecule has 0 aliphatic carbocycles. The summed E-state index contributed by atoms with van der Waals surface area (Å²) in [6.07, 6.45) is 1.84. The molecular formula is C13H14N4O4. The van der Waals surface area contributed by atoms with Crippen molar-refractivity contribution in [2.45, 2.75) is 13.3 Å². The number of nitrogens with zero attached hydrogens (tertiary/aromatic N) is 3. The Morgan fingerprint density at radius 3 is 2.71 bits per heavy atom. The molecular weight excluding hydrogens is 276 g/mol. The third kappa shape index (κ3) is 3.56. The molecule has 0 saturated heterocycles. The van der Waals surface area contributed by atoms with Crippen molar-refractivity contribution in [2.75, 3.05) is 12.3 Å². The number of ether oxygens (including phenoxy) is 2. The average Bonchev–Trinajstić information content (AvgIpc) is 2.46. The van der Waals surface area contributed by atoms with E-state index in [-0.39, 0.29) is 17.5 Å². The first-order valence-electron chi connectivity index (χ1n) is 6.28. The monoisotopic (exact) mass is 290 g/mol. The minimum atomic E-state index is -0.635. The minimum Gasteiger partial charge on any atom is -0.490 e. The Morgan fingerprint density at radius 1 is 1.33 bits per heavy atom. The zero-order valence-corrected chi connectivity index (χ0v) is 11.4. The third-order valence-electron chi connectivity index (χ3n) is 2.47. The number of nitrogens with two attached hydrogens (primary N) is 1. The molecule has 0 aliphatic heterocycles. The van der Waals surface area contributed by atoms with Crippen LogP contribution in [0.5, 0.6) is 17.4 Å². The molecule has 0 atom stereocenters. The molecule has 110 valence electrons. The molecule has 0 unspecified atom stereocenters. The molecule has 0 bridgehead atoms. The highest BCUT2D eigenvalue weighted by Gasteiger charge is 2.20. The summed E-state index contributed by atoms with van der Waals surface area (Å²) in [6, 6.07) is 6.85. The second-order valence-electron chi connectivity index (χ2n) is 4.07. The van der Waals surface area contributed by atoms with Crippen molar-refractivity contribution in [1.82, 2.24) is 9.97 Å². The highest BCUT2D eigenvalue weighted by Crippen LogP contribution is 2.34. The number of nitrogen functional groups attached to an aromatic ring is 1. The van der Waals surface area contributed by atoms with Crippen LogP contribution in [0.3, 0.4) is 0 Å². The number of para-hydroxylation sites is 2. The van der Waals surface area contributed by atoms with Gasteiger partial charge < -0.3 is 15.2 Å². The number of anilines is 1. The van der Waals surface area contributed by atoms with Gasteiger partial charge in [-0.05, 0) is 18.6 Å². The lowest BCUT2D eigenvalue weighted by atomic mass is 10.3. The van der Waals surface area contributed by atoms with Crippen LogP contribution < -0.4 is 15.2 Å². The van der Waals surface area contributed by atoms with Crippen molar-refractivity contribution in [3.63, 3.8) is 0 Å². The van der Waals surface area contributed by atoms with Crippen LogP contribution in [0.2, 0.25) is 0 Å². The second-order valence-corrected chi connectivity index (χ2v) is 4.07. The van der Waals surface area contributed by atoms with Crippen LogP contribution in [-0.4, -0.2) is 21.5 Å². The molecule has 0 amide bonds. The maximum atomic E-state index is 11.0. The number of rotatable bonds is 6. The van der Waals surface area contributed by atoms with Gasteiger partial charge in [0.25, 0.3) is 0 Å². The molecule has 0 spiro atoms. The Kier molecular flexibility index (Phi) is 4.50. The Bertz CT molecular complexity index is 648. The van der Waals surface area contributed by atoms with Gasteiger partial charge >= 0.3 is 11.6 Å². The van der Waals surface area contributed by atoms with Crippen molar-refractivity contribution in [2.24, 2.45) is 0 Å². The van der Waals surface area contributed by atoms with Crippen LogP contribution in [0.25, 0.3) is 0 Å². The molecule has 1 heterocycles. The first kappa shape index (κ1) is 14.5. The molecule has 8 nitrogen and oxygen atoms in total. The standard InChI is InChI=1S/C13H14N4O4/c1-2-7-20-10-5-3-4-6-11(10)21-12-9(17(18)19)8-15-13(14)16-12/h3-6,8H,2,7H2,1H3,(H2,14,15,16). The summed E-state index contributed by atoms with van der Waals surface area (Å²) in [5.41, 5.74) is 5.08. The van der Waals surface area contributed by atoms with Gasteiger partial charge in [0.2, 0.25) is 5.95 Å². The molecule has 0 aliphatic rings. The van der Waals surface area contributed by atoms with E-state index in [2.05, 4.69) is 9.97 Å². The van der Waals surface area contributed by atoms with E-state index in [4.69, 9.17) is 15.2 Å². The molecule has 2 aromatic rings. The van der Waals surface area contributed by atoms with Crippen molar-refractivity contribution >= 4 is 11.6 Å². The number of nitro groups is 1. The SMILES string of the molecule is CCCOc1ccccc1Oc1nc(N)ncc1[N+](=O)[O-]. The maximum Gasteiger partial charge on any atom is 0.349 e. The van der Waals surface area contributed by atoms with Gasteiger partial charge in [0.1, 0.15) is 6.20 Å². The summed E-state index contributed by atoms with van der Waals surface area (Å²) < 4.78 is 11.0. The van der Waals surface area contributed by atoms with Crippen LogP contribution in [-0.2, 0) is 0 Å². The van der Waals surface area contributed by atoms with Crippen molar-refractivity contribution in [1.29, 1.82) is 0 Å². The predicted octanol–water partition coefficient (Wildman–Crippen LogP) is 2.55. The van der Waals surface area contributed by atoms with Gasteiger partial charge in [-0.2, -0.15) is 4.98 Å². The fraction of sp³-hybridized carbons (Fsp3) is 0.231. The molecule has 1 aromatic heterocycles. The number of aromatic nitrogens is 2. The zero-order chi connectivity index (χ0) is 15.2. The fourth-order valence-electron chi connectivity index (χ4n) is 1.54. The third-order valence-corrected chi connectivity index (χ3v) is 2.47. The van der Waals surface area contributed by atoms with E-state index < -0.39 is 4.92 Å². The molecule has 1 aromatic carbocycles. The normalized spacial score (nSPS) is 10.1. The summed E-state index contributed by atoms with van der Waals surface area (Å²) in [5, 5.41) is 11.0. The quantitative estimate of drug-likeness (QED) is 0.642. The van der Waals surface area contributed by atoms with Crippen molar-refractivity contribution in [3.05, 3.63) is 40.6 Å². The Morgan fingerprint density at radius 2 is 2.05 bits per heavy atom. The first-order chi connectivity index (χ1) is 10.1. The molecule has 2 N–H and O–H groups in total. The van der Waals surface area contributed by atoms with Gasteiger partial charge in [0.15, 0.2) is 11.5 Å². The zero-order valence-electron chi connectivity index (χ0n) is 11.4. The average molecular weight is 290 g/mol. The summed E-state index contributed by atoms with van der Waals surface area (Å²) >= 11 is 0. The Labute approximate surface area is 120 Å². The highest BCUT2D eigenvalue weighted by atomic mass is 16.6. The smallest absolute Gasteiger partial charge is 0.349 e. The lowest BCUT2D eigenvalue weighted by Gasteiger charge is -2.11. The minimum absolute atomic E-state index is 0.109. The molecule has 0 saturated carbocycles. The maximum absolute atomic E-state index is 11.0. The summed E-state index contributed by atoms with van der Waals surface area (Å²) in [6.45, 7) is 2.48. The number of hydrogen-bond acceptors (Lipinski definition) is 7. The van der Waals surface area contributed by atoms with Gasteiger partial charge in [-0.25, -0.2) is 4.98 Å². The Hall–Kier alpha value is -2.90. The van der Waals surface area contributed by atoms with Gasteiger partial charge in [0.05, 0.1) is 11.5 Å². The second kappa shape index (κ2) is 6.51. The van der Waals surface area contributed by atoms with E-state index >= 15 is 0 Å². The van der Waals surface area contributed by atoms with Crippen LogP contribution in [0.4, 0.5) is 11.6 Å². The molecule has 21 heavy (non-hydrogen) atoms. The highest BCUT2D eigenvalue weighted by molar-refractivity contribution is 5.47. The molecule has 0 fully saturated rings. The summed E-state index contributed by atoms with van der Waals surface area (Å²) in [4.78, 5) is 17.7. The molecule has 8 heteroatoms. The van der Waals surface area contributed by atoms with Crippen LogP contribution in [0.15, 0.2) is 30.5 Å². The van der Waals surface area contributed by atoms with Gasteiger partial charge in [-0.1, -0.05) is 19.1 Å². The van der Waals surface area contributed by atoms with Gasteiger partial charge in [0, 0.05) is 0 Å². The summed E-state index contributed by atoms with van der Waals surface area (Å²) in [5.74, 6) is 0.473. The van der Waals surface area contributed by atoms with E-state index in [1.54, 1.807) is 24.3 Å². The molecule has 2 rings (SSSR count). The van der Waals surface area contributed by atoms with Crippen molar-refractivity contribution < 1.29 is 14.4 Å². The lowest BCUT2D eigenvalue weighted by Crippen LogP contribution is -2.03. The topological polar surface area (TPSA) is 113 Å². The molecule has 0 radical (unpaired) electrons. The fourth-order valence-corrected chi connectivity index (χ4v) is 1.54. The van der Waals surface area contributed by atoms with E-state index in [0.717, 1.165) is 12.6 Å². The van der Waals surface area contributed by atoms with Crippen molar-refractivity contribution in [3.8, 4) is 17.4 Å². The van der Waals surface area contributed by atoms with Gasteiger partial charge in [-0.3, -0.25) is 10.1 Å². The Balaban J connectivity index is 2.34. The first-order valence-corrected chi connectivity index (χ1v) is 6.28. The van der Waals surface area contributed by atoms with E-state index in [1.165, 1.54) is 0 Å². The van der Waals surface area contributed by atoms with Crippen LogP contribution in [0.1, 0.15) is 13.3 Å². The van der Waals surface area contributed by atoms with E-state index in [0.29, 0.717) is 18.1 Å². The number of benzene rings is 1. The van der Waals surface area contributed by atoms with Gasteiger partial charge in [-0.15, -0.1) is 0 Å². The largest absolute Gasteiger partial charge is 0.490 e. The predicted molar refractivity (Wildman–Crippen MR) is 75.4 cm³/mol. The van der Waals surface area contributed by atoms with E-state index in [1.807, 2.05) is 6.92 Å². The number of hydrogen-bond donors (Lipinski definition) is 1. The summed E-state index contributed by atoms with van der Waals surface area (Å²) in [7, 11) is 0. The van der Waals surface area contributed by atoms with Crippen LogP contribution >= 0.6 is 0 Å². The van der Waals surface area contributed by atoms with Crippen LogP contribution in [0, 0.1) is 10.1 Å². The van der Waals surface area contributed by atoms with E-state index in [9.17, 15) is 10.1 Å². The lowest BCUT2D eigenvalue weighted by molar-refractivity contribution is -0.386.